The van der Waals surface area contributed by atoms with Gasteiger partial charge in [0.15, 0.2) is 5.82 Å². The molecule has 0 saturated heterocycles. The van der Waals surface area contributed by atoms with Crippen LogP contribution in [0.15, 0.2) is 79.0 Å². The quantitative estimate of drug-likeness (QED) is 0.584. The molecule has 0 fully saturated rings. The zero-order valence-electron chi connectivity index (χ0n) is 15.4. The van der Waals surface area contributed by atoms with E-state index in [4.69, 9.17) is 0 Å². The second-order valence-electron chi connectivity index (χ2n) is 6.38. The first-order valence-corrected chi connectivity index (χ1v) is 8.98. The normalized spacial score (nSPS) is 10.6. The van der Waals surface area contributed by atoms with E-state index in [-0.39, 0.29) is 11.7 Å². The highest BCUT2D eigenvalue weighted by Crippen LogP contribution is 2.21. The summed E-state index contributed by atoms with van der Waals surface area (Å²) in [4.78, 5) is 21.3. The van der Waals surface area contributed by atoms with Gasteiger partial charge >= 0.3 is 0 Å². The van der Waals surface area contributed by atoms with Crippen LogP contribution in [0.2, 0.25) is 0 Å². The van der Waals surface area contributed by atoms with E-state index in [1.807, 2.05) is 79.7 Å². The van der Waals surface area contributed by atoms with Crippen LogP contribution < -0.4 is 5.32 Å². The lowest BCUT2D eigenvalue weighted by molar-refractivity contribution is 0.0940. The Bertz CT molecular complexity index is 1070. The van der Waals surface area contributed by atoms with Crippen molar-refractivity contribution in [1.82, 2.24) is 25.1 Å². The number of pyridine rings is 1. The van der Waals surface area contributed by atoms with Gasteiger partial charge in [0.1, 0.15) is 0 Å². The van der Waals surface area contributed by atoms with Gasteiger partial charge in [0.2, 0.25) is 5.82 Å². The summed E-state index contributed by atoms with van der Waals surface area (Å²) < 4.78 is 1.70. The van der Waals surface area contributed by atoms with Crippen LogP contribution in [-0.4, -0.2) is 25.7 Å². The van der Waals surface area contributed by atoms with Crippen molar-refractivity contribution in [3.63, 3.8) is 0 Å². The van der Waals surface area contributed by atoms with Gasteiger partial charge in [0.25, 0.3) is 5.91 Å². The van der Waals surface area contributed by atoms with Gasteiger partial charge in [-0.3, -0.25) is 9.78 Å². The Morgan fingerprint density at radius 2 is 1.71 bits per heavy atom. The first-order chi connectivity index (χ1) is 13.7. The summed E-state index contributed by atoms with van der Waals surface area (Å²) in [5.41, 5.74) is 3.66. The number of hydrogen-bond acceptors (Lipinski definition) is 4. The van der Waals surface area contributed by atoms with E-state index >= 15 is 0 Å². The molecule has 0 unspecified atom stereocenters. The van der Waals surface area contributed by atoms with E-state index in [9.17, 15) is 4.79 Å². The van der Waals surface area contributed by atoms with Crippen LogP contribution in [0.5, 0.6) is 0 Å². The van der Waals surface area contributed by atoms with E-state index in [1.54, 1.807) is 10.9 Å². The number of nitrogens with one attached hydrogen (secondary N) is 1. The molecular weight excluding hydrogens is 350 g/mol. The molecule has 0 aliphatic rings. The van der Waals surface area contributed by atoms with Gasteiger partial charge in [-0.25, -0.2) is 9.67 Å². The van der Waals surface area contributed by atoms with Gasteiger partial charge in [0, 0.05) is 11.8 Å². The van der Waals surface area contributed by atoms with E-state index in [1.165, 1.54) is 0 Å². The fourth-order valence-electron chi connectivity index (χ4n) is 2.80. The Morgan fingerprint density at radius 3 is 2.43 bits per heavy atom. The van der Waals surface area contributed by atoms with Crippen LogP contribution >= 0.6 is 0 Å². The maximum Gasteiger partial charge on any atom is 0.291 e. The van der Waals surface area contributed by atoms with Crippen LogP contribution in [0.4, 0.5) is 0 Å². The summed E-state index contributed by atoms with van der Waals surface area (Å²) in [5.74, 6) is 0.400. The summed E-state index contributed by atoms with van der Waals surface area (Å²) in [5, 5.41) is 7.30. The summed E-state index contributed by atoms with van der Waals surface area (Å²) >= 11 is 0. The number of aryl methyl sites for hydroxylation is 1. The van der Waals surface area contributed by atoms with Gasteiger partial charge in [0.05, 0.1) is 17.9 Å². The number of aromatic nitrogens is 4. The van der Waals surface area contributed by atoms with Crippen LogP contribution in [0, 0.1) is 6.92 Å². The Labute approximate surface area is 162 Å². The molecule has 6 heteroatoms. The van der Waals surface area contributed by atoms with Gasteiger partial charge in [-0.1, -0.05) is 54.1 Å². The highest BCUT2D eigenvalue weighted by Gasteiger charge is 2.18. The molecule has 0 bridgehead atoms. The fraction of sp³-hybridized carbons (Fsp3) is 0.0909. The molecule has 6 nitrogen and oxygen atoms in total. The minimum Gasteiger partial charge on any atom is -0.344 e. The molecule has 0 atom stereocenters. The van der Waals surface area contributed by atoms with Crippen molar-refractivity contribution in [3.8, 4) is 17.1 Å². The van der Waals surface area contributed by atoms with Gasteiger partial charge in [-0.15, -0.1) is 5.10 Å². The standard InChI is InChI=1S/C22H19N5O/c1-16-10-12-19(13-11-16)27-21(17-7-3-2-4-8-17)25-20(26-27)22(28)24-15-18-9-5-6-14-23-18/h2-14H,15H2,1H3,(H,24,28). The summed E-state index contributed by atoms with van der Waals surface area (Å²) in [6.07, 6.45) is 1.69. The molecule has 0 saturated carbocycles. The second-order valence-corrected chi connectivity index (χ2v) is 6.38. The van der Waals surface area contributed by atoms with E-state index in [0.29, 0.717) is 12.4 Å². The molecule has 0 radical (unpaired) electrons. The van der Waals surface area contributed by atoms with Crippen molar-refractivity contribution < 1.29 is 4.79 Å². The molecule has 0 aliphatic carbocycles. The molecule has 4 aromatic rings. The van der Waals surface area contributed by atoms with Crippen LogP contribution in [0.25, 0.3) is 17.1 Å². The lowest BCUT2D eigenvalue weighted by Crippen LogP contribution is -2.24. The number of amides is 1. The number of carbonyl (C=O) groups excluding carboxylic acids is 1. The Balaban J connectivity index is 1.66. The fourth-order valence-corrected chi connectivity index (χ4v) is 2.80. The number of rotatable bonds is 5. The molecule has 138 valence electrons. The van der Waals surface area contributed by atoms with Crippen molar-refractivity contribution in [2.75, 3.05) is 0 Å². The minimum atomic E-state index is -0.339. The van der Waals surface area contributed by atoms with Crippen molar-refractivity contribution in [2.45, 2.75) is 13.5 Å². The SMILES string of the molecule is Cc1ccc(-n2nc(C(=O)NCc3ccccn3)nc2-c2ccccc2)cc1. The molecule has 1 amide bonds. The smallest absolute Gasteiger partial charge is 0.291 e. The lowest BCUT2D eigenvalue weighted by Gasteiger charge is -2.06. The number of hydrogen-bond donors (Lipinski definition) is 1. The third-order valence-corrected chi connectivity index (χ3v) is 4.28. The molecule has 2 aromatic heterocycles. The predicted octanol–water partition coefficient (Wildman–Crippen LogP) is 3.57. The maximum atomic E-state index is 12.6. The zero-order chi connectivity index (χ0) is 19.3. The molecular formula is C22H19N5O. The molecule has 28 heavy (non-hydrogen) atoms. The molecule has 1 N–H and O–H groups in total. The number of benzene rings is 2. The van der Waals surface area contributed by atoms with Gasteiger partial charge < -0.3 is 5.32 Å². The van der Waals surface area contributed by atoms with Crippen LogP contribution in [-0.2, 0) is 6.54 Å². The predicted molar refractivity (Wildman–Crippen MR) is 107 cm³/mol. The minimum absolute atomic E-state index is 0.121. The molecule has 0 aliphatic heterocycles. The average molecular weight is 369 g/mol. The Hall–Kier alpha value is -3.80. The lowest BCUT2D eigenvalue weighted by atomic mass is 10.2. The first kappa shape index (κ1) is 17.6. The highest BCUT2D eigenvalue weighted by atomic mass is 16.2. The zero-order valence-corrected chi connectivity index (χ0v) is 15.4. The Kier molecular flexibility index (Phi) is 4.93. The monoisotopic (exact) mass is 369 g/mol. The first-order valence-electron chi connectivity index (χ1n) is 8.98. The highest BCUT2D eigenvalue weighted by molar-refractivity contribution is 5.91. The van der Waals surface area contributed by atoms with E-state index in [2.05, 4.69) is 20.4 Å². The maximum absolute atomic E-state index is 12.6. The summed E-state index contributed by atoms with van der Waals surface area (Å²) in [6, 6.07) is 23.2. The van der Waals surface area contributed by atoms with E-state index in [0.717, 1.165) is 22.5 Å². The number of nitrogens with zero attached hydrogens (tertiary/aromatic N) is 4. The summed E-state index contributed by atoms with van der Waals surface area (Å²) in [7, 11) is 0. The molecule has 4 rings (SSSR count). The second kappa shape index (κ2) is 7.84. The third-order valence-electron chi connectivity index (χ3n) is 4.28. The topological polar surface area (TPSA) is 72.7 Å². The third kappa shape index (κ3) is 3.81. The van der Waals surface area contributed by atoms with Crippen molar-refractivity contribution in [1.29, 1.82) is 0 Å². The van der Waals surface area contributed by atoms with Crippen LogP contribution in [0.3, 0.4) is 0 Å². The van der Waals surface area contributed by atoms with E-state index < -0.39 is 0 Å². The van der Waals surface area contributed by atoms with Crippen LogP contribution in [0.1, 0.15) is 21.9 Å². The van der Waals surface area contributed by atoms with Crippen molar-refractivity contribution >= 4 is 5.91 Å². The largest absolute Gasteiger partial charge is 0.344 e. The summed E-state index contributed by atoms with van der Waals surface area (Å²) in [6.45, 7) is 2.35. The molecule has 2 aromatic carbocycles. The van der Waals surface area contributed by atoms with Crippen molar-refractivity contribution in [3.05, 3.63) is 96.1 Å². The Morgan fingerprint density at radius 1 is 0.964 bits per heavy atom. The van der Waals surface area contributed by atoms with Crippen molar-refractivity contribution in [2.24, 2.45) is 0 Å². The molecule has 2 heterocycles. The number of carbonyl (C=O) groups is 1. The van der Waals surface area contributed by atoms with Gasteiger partial charge in [-0.2, -0.15) is 0 Å². The molecule has 0 spiro atoms. The average Bonchev–Trinajstić information content (AvgIpc) is 3.19. The van der Waals surface area contributed by atoms with Gasteiger partial charge in [-0.05, 0) is 31.2 Å².